The van der Waals surface area contributed by atoms with Gasteiger partial charge >= 0.3 is 6.18 Å². The summed E-state index contributed by atoms with van der Waals surface area (Å²) in [6, 6.07) is 5.28. The van der Waals surface area contributed by atoms with Gasteiger partial charge in [0.15, 0.2) is 0 Å². The average molecular weight is 300 g/mol. The van der Waals surface area contributed by atoms with E-state index in [4.69, 9.17) is 0 Å². The van der Waals surface area contributed by atoms with Gasteiger partial charge in [-0.2, -0.15) is 13.2 Å². The van der Waals surface area contributed by atoms with Crippen molar-refractivity contribution in [2.45, 2.75) is 32.5 Å². The predicted octanol–water partition coefficient (Wildman–Crippen LogP) is 3.13. The Balaban J connectivity index is 2.25. The molecule has 0 atom stereocenters. The van der Waals surface area contributed by atoms with Crippen LogP contribution in [0.2, 0.25) is 0 Å². The van der Waals surface area contributed by atoms with Crippen LogP contribution >= 0.6 is 0 Å². The van der Waals surface area contributed by atoms with E-state index in [1.165, 1.54) is 0 Å². The second kappa shape index (κ2) is 5.85. The first-order valence-corrected chi connectivity index (χ1v) is 6.43. The third-order valence-corrected chi connectivity index (χ3v) is 2.95. The molecular weight excluding hydrogens is 285 g/mol. The fourth-order valence-corrected chi connectivity index (χ4v) is 1.90. The van der Waals surface area contributed by atoms with Crippen LogP contribution < -0.4 is 5.56 Å². The summed E-state index contributed by atoms with van der Waals surface area (Å²) < 4.78 is 40.5. The van der Waals surface area contributed by atoms with Crippen LogP contribution in [0, 0.1) is 0 Å². The minimum absolute atomic E-state index is 0.0778. The molecule has 0 unspecified atom stereocenters. The fourth-order valence-electron chi connectivity index (χ4n) is 1.90. The standard InChI is InChI=1S/C14H15F3N2O2/c1-8(2)9-3-4-11-10(5-9)13(20)19-12(18-11)6-21-7-14(15,16)17/h3-5,8H,6-7H2,1-2H3,(H,18,19,20). The lowest BCUT2D eigenvalue weighted by Crippen LogP contribution is -2.19. The molecule has 0 radical (unpaired) electrons. The van der Waals surface area contributed by atoms with Gasteiger partial charge in [-0.15, -0.1) is 0 Å². The van der Waals surface area contributed by atoms with Crippen LogP contribution in [0.5, 0.6) is 0 Å². The van der Waals surface area contributed by atoms with Crippen molar-refractivity contribution in [3.63, 3.8) is 0 Å². The van der Waals surface area contributed by atoms with E-state index < -0.39 is 19.4 Å². The van der Waals surface area contributed by atoms with Crippen LogP contribution in [0.3, 0.4) is 0 Å². The highest BCUT2D eigenvalue weighted by Crippen LogP contribution is 2.18. The molecule has 0 aliphatic rings. The lowest BCUT2D eigenvalue weighted by Gasteiger charge is -2.09. The van der Waals surface area contributed by atoms with Crippen LogP contribution in [-0.4, -0.2) is 22.8 Å². The smallest absolute Gasteiger partial charge is 0.364 e. The normalized spacial score (nSPS) is 12.3. The molecule has 21 heavy (non-hydrogen) atoms. The maximum atomic E-state index is 12.0. The van der Waals surface area contributed by atoms with E-state index in [9.17, 15) is 18.0 Å². The van der Waals surface area contributed by atoms with E-state index in [1.54, 1.807) is 12.1 Å². The Hall–Kier alpha value is -1.89. The van der Waals surface area contributed by atoms with Crippen molar-refractivity contribution in [2.24, 2.45) is 0 Å². The Kier molecular flexibility index (Phi) is 4.32. The maximum absolute atomic E-state index is 12.0. The minimum atomic E-state index is -4.40. The quantitative estimate of drug-likeness (QED) is 0.944. The molecule has 4 nitrogen and oxygen atoms in total. The number of halogens is 3. The lowest BCUT2D eigenvalue weighted by molar-refractivity contribution is -0.177. The first-order chi connectivity index (χ1) is 9.76. The summed E-state index contributed by atoms with van der Waals surface area (Å²) >= 11 is 0. The molecule has 0 fully saturated rings. The Morgan fingerprint density at radius 1 is 1.33 bits per heavy atom. The Morgan fingerprint density at radius 3 is 2.67 bits per heavy atom. The van der Waals surface area contributed by atoms with Crippen LogP contribution in [0.1, 0.15) is 31.2 Å². The third kappa shape index (κ3) is 4.04. The van der Waals surface area contributed by atoms with E-state index in [0.717, 1.165) is 5.56 Å². The van der Waals surface area contributed by atoms with Gasteiger partial charge in [0.05, 0.1) is 10.9 Å². The van der Waals surface area contributed by atoms with Gasteiger partial charge < -0.3 is 9.72 Å². The molecule has 1 heterocycles. The average Bonchev–Trinajstić information content (AvgIpc) is 2.36. The highest BCUT2D eigenvalue weighted by Gasteiger charge is 2.27. The van der Waals surface area contributed by atoms with Crippen molar-refractivity contribution in [3.8, 4) is 0 Å². The number of rotatable bonds is 4. The van der Waals surface area contributed by atoms with Crippen molar-refractivity contribution >= 4 is 10.9 Å². The van der Waals surface area contributed by atoms with Crippen LogP contribution in [-0.2, 0) is 11.3 Å². The number of nitrogens with one attached hydrogen (secondary N) is 1. The molecule has 0 spiro atoms. The molecule has 0 aliphatic carbocycles. The van der Waals surface area contributed by atoms with Crippen LogP contribution in [0.4, 0.5) is 13.2 Å². The molecule has 1 aromatic carbocycles. The Labute approximate surface area is 119 Å². The van der Waals surface area contributed by atoms with Gasteiger partial charge in [0.1, 0.15) is 19.0 Å². The fraction of sp³-hybridized carbons (Fsp3) is 0.429. The molecule has 0 saturated heterocycles. The zero-order chi connectivity index (χ0) is 15.6. The number of benzene rings is 1. The Morgan fingerprint density at radius 2 is 2.05 bits per heavy atom. The van der Waals surface area contributed by atoms with Crippen molar-refractivity contribution in [2.75, 3.05) is 6.61 Å². The molecule has 1 aromatic heterocycles. The molecule has 0 aliphatic heterocycles. The number of aromatic nitrogens is 2. The number of H-pyrrole nitrogens is 1. The number of ether oxygens (including phenoxy) is 1. The van der Waals surface area contributed by atoms with Crippen LogP contribution in [0.25, 0.3) is 10.9 Å². The molecule has 0 bridgehead atoms. The first-order valence-electron chi connectivity index (χ1n) is 6.43. The second-order valence-corrected chi connectivity index (χ2v) is 5.05. The van der Waals surface area contributed by atoms with Gasteiger partial charge in [0.25, 0.3) is 5.56 Å². The van der Waals surface area contributed by atoms with E-state index in [1.807, 2.05) is 19.9 Å². The monoisotopic (exact) mass is 300 g/mol. The number of aromatic amines is 1. The van der Waals surface area contributed by atoms with E-state index in [0.29, 0.717) is 10.9 Å². The van der Waals surface area contributed by atoms with Crippen molar-refractivity contribution in [1.82, 2.24) is 9.97 Å². The first kappa shape index (κ1) is 15.5. The molecule has 0 amide bonds. The third-order valence-electron chi connectivity index (χ3n) is 2.95. The van der Waals surface area contributed by atoms with Crippen molar-refractivity contribution < 1.29 is 17.9 Å². The van der Waals surface area contributed by atoms with Crippen molar-refractivity contribution in [3.05, 3.63) is 39.9 Å². The summed E-state index contributed by atoms with van der Waals surface area (Å²) in [5.41, 5.74) is 1.05. The molecule has 1 N–H and O–H groups in total. The molecule has 2 rings (SSSR count). The number of hydrogen-bond donors (Lipinski definition) is 1. The Bertz CT molecular complexity index is 693. The highest BCUT2D eigenvalue weighted by atomic mass is 19.4. The maximum Gasteiger partial charge on any atom is 0.411 e. The minimum Gasteiger partial charge on any atom is -0.364 e. The number of alkyl halides is 3. The number of nitrogens with zero attached hydrogens (tertiary/aromatic N) is 1. The highest BCUT2D eigenvalue weighted by molar-refractivity contribution is 5.78. The number of fused-ring (bicyclic) bond motifs is 1. The molecule has 7 heteroatoms. The molecular formula is C14H15F3N2O2. The zero-order valence-electron chi connectivity index (χ0n) is 11.6. The molecule has 114 valence electrons. The van der Waals surface area contributed by atoms with Gasteiger partial charge in [0.2, 0.25) is 0 Å². The van der Waals surface area contributed by atoms with E-state index in [-0.39, 0.29) is 17.3 Å². The largest absolute Gasteiger partial charge is 0.411 e. The summed E-state index contributed by atoms with van der Waals surface area (Å²) in [4.78, 5) is 18.5. The van der Waals surface area contributed by atoms with Gasteiger partial charge in [-0.3, -0.25) is 4.79 Å². The summed E-state index contributed by atoms with van der Waals surface area (Å²) in [5, 5.41) is 0.417. The topological polar surface area (TPSA) is 55.0 Å². The van der Waals surface area contributed by atoms with Gasteiger partial charge in [-0.25, -0.2) is 4.98 Å². The molecule has 2 aromatic rings. The van der Waals surface area contributed by atoms with E-state index in [2.05, 4.69) is 14.7 Å². The number of hydrogen-bond acceptors (Lipinski definition) is 3. The predicted molar refractivity (Wildman–Crippen MR) is 72.2 cm³/mol. The summed E-state index contributed by atoms with van der Waals surface area (Å²) in [7, 11) is 0. The second-order valence-electron chi connectivity index (χ2n) is 5.05. The summed E-state index contributed by atoms with van der Waals surface area (Å²) in [6.45, 7) is 2.24. The van der Waals surface area contributed by atoms with Crippen molar-refractivity contribution in [1.29, 1.82) is 0 Å². The zero-order valence-corrected chi connectivity index (χ0v) is 11.6. The summed E-state index contributed by atoms with van der Waals surface area (Å²) in [5.74, 6) is 0.345. The molecule has 0 saturated carbocycles. The lowest BCUT2D eigenvalue weighted by atomic mass is 10.0. The van der Waals surface area contributed by atoms with Gasteiger partial charge in [0, 0.05) is 0 Å². The van der Waals surface area contributed by atoms with E-state index >= 15 is 0 Å². The van der Waals surface area contributed by atoms with Gasteiger partial charge in [-0.05, 0) is 23.6 Å². The SMILES string of the molecule is CC(C)c1ccc2nc(COCC(F)(F)F)[nH]c(=O)c2c1. The van der Waals surface area contributed by atoms with Crippen LogP contribution in [0.15, 0.2) is 23.0 Å². The van der Waals surface area contributed by atoms with Gasteiger partial charge in [-0.1, -0.05) is 19.9 Å². The summed E-state index contributed by atoms with van der Waals surface area (Å²) in [6.07, 6.45) is -4.40.